The third-order valence-corrected chi connectivity index (χ3v) is 11.6. The molecule has 50 heavy (non-hydrogen) atoms. The minimum absolute atomic E-state index is 0.00815. The summed E-state index contributed by atoms with van der Waals surface area (Å²) in [7, 11) is -0.151. The number of nitrogens with zero attached hydrogens (tertiary/aromatic N) is 3. The molecule has 0 radical (unpaired) electrons. The first-order valence-corrected chi connectivity index (χ1v) is 18.3. The van der Waals surface area contributed by atoms with Gasteiger partial charge in [0.05, 0.1) is 22.6 Å². The van der Waals surface area contributed by atoms with Crippen molar-refractivity contribution in [3.8, 4) is 17.2 Å². The predicted molar refractivity (Wildman–Crippen MR) is 189 cm³/mol. The number of amides is 4. The Balaban J connectivity index is 1.39. The molecule has 0 spiro atoms. The maximum Gasteiger partial charge on any atom is 0.341 e. The topological polar surface area (TPSA) is 155 Å². The van der Waals surface area contributed by atoms with Crippen molar-refractivity contribution in [3.05, 3.63) is 83.0 Å². The van der Waals surface area contributed by atoms with Gasteiger partial charge in [0.25, 0.3) is 21.8 Å². The van der Waals surface area contributed by atoms with Crippen LogP contribution in [0.15, 0.2) is 71.8 Å². The molecular weight excluding hydrogens is 682 g/mol. The van der Waals surface area contributed by atoms with E-state index in [4.69, 9.17) is 26.8 Å². The van der Waals surface area contributed by atoms with Gasteiger partial charge >= 0.3 is 6.03 Å². The molecule has 1 saturated heterocycles. The standard InChI is InChI=1S/C36H40ClN5O7S/c1-40(2)34(43)28-18-26(12-14-32(28)49-25-11-13-33(48-3)29(37)17-25)50(46,47)42-31(16-24-20-39-30-10-5-4-9-27(24)30)35(44)41(36(42)45)21-23-8-6-7-22(15-23)19-38/h4-5,9-14,17-18,20,22-23,31,39H,6-8,15-16,19,21,38H2,1-3H3. The van der Waals surface area contributed by atoms with Crippen LogP contribution in [0, 0.1) is 11.8 Å². The van der Waals surface area contributed by atoms with Crippen molar-refractivity contribution in [2.45, 2.75) is 43.0 Å². The van der Waals surface area contributed by atoms with Crippen molar-refractivity contribution >= 4 is 50.4 Å². The quantitative estimate of drug-likeness (QED) is 0.188. The zero-order chi connectivity index (χ0) is 35.7. The first-order valence-electron chi connectivity index (χ1n) is 16.4. The Morgan fingerprint density at radius 3 is 2.50 bits per heavy atom. The summed E-state index contributed by atoms with van der Waals surface area (Å²) in [6, 6.07) is 13.7. The monoisotopic (exact) mass is 721 g/mol. The molecule has 3 N–H and O–H groups in total. The van der Waals surface area contributed by atoms with E-state index in [9.17, 15) is 22.8 Å². The van der Waals surface area contributed by atoms with E-state index in [2.05, 4.69) is 4.98 Å². The highest BCUT2D eigenvalue weighted by atomic mass is 35.5. The van der Waals surface area contributed by atoms with Crippen LogP contribution in [0.4, 0.5) is 4.79 Å². The van der Waals surface area contributed by atoms with Gasteiger partial charge in [-0.2, -0.15) is 0 Å². The number of imide groups is 1. The predicted octanol–water partition coefficient (Wildman–Crippen LogP) is 5.65. The number of hydrogen-bond donors (Lipinski definition) is 2. The van der Waals surface area contributed by atoms with E-state index in [1.54, 1.807) is 18.3 Å². The van der Waals surface area contributed by atoms with E-state index in [-0.39, 0.29) is 51.8 Å². The number of H-pyrrole nitrogens is 1. The fourth-order valence-corrected chi connectivity index (χ4v) is 8.69. The molecule has 1 aromatic heterocycles. The number of fused-ring (bicyclic) bond motifs is 1. The summed E-state index contributed by atoms with van der Waals surface area (Å²) in [6.07, 6.45) is 5.16. The van der Waals surface area contributed by atoms with Crippen LogP contribution in [-0.2, 0) is 21.2 Å². The van der Waals surface area contributed by atoms with Gasteiger partial charge in [0.2, 0.25) is 0 Å². The highest BCUT2D eigenvalue weighted by Gasteiger charge is 2.52. The second-order valence-corrected chi connectivity index (χ2v) is 15.2. The van der Waals surface area contributed by atoms with E-state index < -0.39 is 33.9 Å². The molecule has 2 heterocycles. The van der Waals surface area contributed by atoms with E-state index in [0.29, 0.717) is 22.2 Å². The lowest BCUT2D eigenvalue weighted by molar-refractivity contribution is -0.128. The van der Waals surface area contributed by atoms with Gasteiger partial charge < -0.3 is 25.1 Å². The molecule has 3 atom stereocenters. The molecule has 12 nitrogen and oxygen atoms in total. The van der Waals surface area contributed by atoms with E-state index >= 15 is 0 Å². The van der Waals surface area contributed by atoms with Crippen LogP contribution in [0.2, 0.25) is 5.02 Å². The number of hydrogen-bond acceptors (Lipinski definition) is 8. The zero-order valence-corrected chi connectivity index (χ0v) is 29.7. The number of benzene rings is 3. The molecule has 4 aromatic rings. The van der Waals surface area contributed by atoms with Crippen molar-refractivity contribution in [1.82, 2.24) is 19.1 Å². The number of aromatic nitrogens is 1. The Morgan fingerprint density at radius 1 is 1.04 bits per heavy atom. The number of methoxy groups -OCH3 is 1. The lowest BCUT2D eigenvalue weighted by Gasteiger charge is -2.30. The fourth-order valence-electron chi connectivity index (χ4n) is 6.90. The molecule has 0 bridgehead atoms. The van der Waals surface area contributed by atoms with Crippen LogP contribution in [0.25, 0.3) is 10.9 Å². The molecule has 2 aliphatic rings. The van der Waals surface area contributed by atoms with Crippen molar-refractivity contribution < 1.29 is 32.3 Å². The van der Waals surface area contributed by atoms with Gasteiger partial charge in [-0.1, -0.05) is 36.2 Å². The van der Waals surface area contributed by atoms with Crippen LogP contribution in [0.3, 0.4) is 0 Å². The molecule has 3 unspecified atom stereocenters. The number of halogens is 1. The number of para-hydroxylation sites is 1. The van der Waals surface area contributed by atoms with Gasteiger partial charge in [0.15, 0.2) is 0 Å². The summed E-state index contributed by atoms with van der Waals surface area (Å²) in [5.74, 6) is -0.0535. The maximum atomic E-state index is 14.6. The summed E-state index contributed by atoms with van der Waals surface area (Å²) < 4.78 is 41.0. The van der Waals surface area contributed by atoms with Crippen LogP contribution >= 0.6 is 11.6 Å². The highest BCUT2D eigenvalue weighted by Crippen LogP contribution is 2.37. The molecule has 1 saturated carbocycles. The number of nitrogens with one attached hydrogen (secondary N) is 1. The van der Waals surface area contributed by atoms with E-state index in [1.807, 2.05) is 24.3 Å². The minimum atomic E-state index is -4.68. The van der Waals surface area contributed by atoms with Crippen molar-refractivity contribution in [1.29, 1.82) is 0 Å². The molecule has 6 rings (SSSR count). The summed E-state index contributed by atoms with van der Waals surface area (Å²) in [4.78, 5) is 46.9. The third kappa shape index (κ3) is 6.77. The number of aromatic amines is 1. The van der Waals surface area contributed by atoms with Crippen LogP contribution < -0.4 is 15.2 Å². The number of carbonyl (C=O) groups is 3. The van der Waals surface area contributed by atoms with Gasteiger partial charge in [-0.3, -0.25) is 14.5 Å². The van der Waals surface area contributed by atoms with Gasteiger partial charge in [-0.25, -0.2) is 17.5 Å². The van der Waals surface area contributed by atoms with Gasteiger partial charge in [0, 0.05) is 50.2 Å². The summed E-state index contributed by atoms with van der Waals surface area (Å²) in [5.41, 5.74) is 7.40. The Hall–Kier alpha value is -4.59. The van der Waals surface area contributed by atoms with Gasteiger partial charge in [-0.15, -0.1) is 0 Å². The second kappa shape index (κ2) is 14.3. The minimum Gasteiger partial charge on any atom is -0.495 e. The largest absolute Gasteiger partial charge is 0.495 e. The van der Waals surface area contributed by atoms with Crippen molar-refractivity contribution in [2.75, 3.05) is 34.3 Å². The molecule has 2 fully saturated rings. The molecular formula is C36H40ClN5O7S. The number of sulfonamides is 1. The van der Waals surface area contributed by atoms with E-state index in [0.717, 1.165) is 41.5 Å². The van der Waals surface area contributed by atoms with Crippen molar-refractivity contribution in [3.63, 3.8) is 0 Å². The molecule has 4 amide bonds. The van der Waals surface area contributed by atoms with E-state index in [1.165, 1.54) is 50.4 Å². The van der Waals surface area contributed by atoms with Crippen LogP contribution in [0.5, 0.6) is 17.2 Å². The number of rotatable bonds is 11. The van der Waals surface area contributed by atoms with Gasteiger partial charge in [0.1, 0.15) is 23.3 Å². The average molecular weight is 722 g/mol. The molecule has 3 aromatic carbocycles. The first-order chi connectivity index (χ1) is 23.9. The molecule has 14 heteroatoms. The summed E-state index contributed by atoms with van der Waals surface area (Å²) >= 11 is 6.28. The molecule has 264 valence electrons. The number of ether oxygens (including phenoxy) is 2. The van der Waals surface area contributed by atoms with Crippen molar-refractivity contribution in [2.24, 2.45) is 17.6 Å². The number of nitrogens with two attached hydrogens (primary N) is 1. The van der Waals surface area contributed by atoms with Crippen LogP contribution in [0.1, 0.15) is 41.6 Å². The Morgan fingerprint density at radius 2 is 1.78 bits per heavy atom. The summed E-state index contributed by atoms with van der Waals surface area (Å²) in [6.45, 7) is 0.618. The smallest absolute Gasteiger partial charge is 0.341 e. The summed E-state index contributed by atoms with van der Waals surface area (Å²) in [5, 5.41) is 1.10. The van der Waals surface area contributed by atoms with Crippen LogP contribution in [-0.4, -0.2) is 85.7 Å². The Bertz CT molecular complexity index is 2050. The highest BCUT2D eigenvalue weighted by molar-refractivity contribution is 7.89. The Labute approximate surface area is 296 Å². The normalized spacial score (nSPS) is 19.7. The Kier molecular flexibility index (Phi) is 10.1. The average Bonchev–Trinajstić information content (AvgIpc) is 3.62. The lowest BCUT2D eigenvalue weighted by Crippen LogP contribution is -2.42. The molecule has 1 aliphatic carbocycles. The SMILES string of the molecule is COc1ccc(Oc2ccc(S(=O)(=O)N3C(=O)N(CC4CCCC(CN)C4)C(=O)C3Cc3c[nH]c4ccccc34)cc2C(=O)N(C)C)cc1Cl. The zero-order valence-electron chi connectivity index (χ0n) is 28.1. The third-order valence-electron chi connectivity index (χ3n) is 9.50. The molecule has 1 aliphatic heterocycles. The number of carbonyl (C=O) groups excluding carboxylic acids is 3. The van der Waals surface area contributed by atoms with Gasteiger partial charge in [-0.05, 0) is 79.6 Å². The fraction of sp³-hybridized carbons (Fsp3) is 0.361. The first kappa shape index (κ1) is 35.2. The lowest BCUT2D eigenvalue weighted by atomic mass is 9.81. The number of urea groups is 1. The second-order valence-electron chi connectivity index (χ2n) is 13.0. The maximum absolute atomic E-state index is 14.6.